The third-order valence-electron chi connectivity index (χ3n) is 3.12. The number of aliphatic hydroxyl groups excluding tert-OH is 1. The first-order chi connectivity index (χ1) is 10.1. The minimum Gasteiger partial charge on any atom is -0.393 e. The Hall–Kier alpha value is -2.32. The first-order valence-electron chi connectivity index (χ1n) is 5.95. The number of anilines is 1. The second-order valence-corrected chi connectivity index (χ2v) is 4.26. The molecule has 2 rings (SSSR count). The summed E-state index contributed by atoms with van der Waals surface area (Å²) in [6.45, 7) is 2.95. The molecule has 0 amide bonds. The fourth-order valence-corrected chi connectivity index (χ4v) is 2.06. The number of ether oxygens (including phenoxy) is 1. The second kappa shape index (κ2) is 5.98. The minimum atomic E-state index is -1.24. The maximum Gasteiger partial charge on any atom is 0.351 e. The Balaban J connectivity index is 2.57. The van der Waals surface area contributed by atoms with Gasteiger partial charge in [0.25, 0.3) is 0 Å². The van der Waals surface area contributed by atoms with Crippen molar-refractivity contribution >= 4 is 11.9 Å². The van der Waals surface area contributed by atoms with Gasteiger partial charge in [0.1, 0.15) is 11.9 Å². The van der Waals surface area contributed by atoms with Crippen LogP contribution in [0.2, 0.25) is 0 Å². The minimum absolute atomic E-state index is 0.0324. The molecule has 0 aromatic carbocycles. The average Bonchev–Trinajstić information content (AvgIpc) is 2.84. The van der Waals surface area contributed by atoms with E-state index < -0.39 is 24.6 Å². The van der Waals surface area contributed by atoms with Gasteiger partial charge >= 0.3 is 5.69 Å². The Kier molecular flexibility index (Phi) is 4.29. The third kappa shape index (κ3) is 2.50. The molecule has 1 aliphatic rings. The van der Waals surface area contributed by atoms with Gasteiger partial charge in [-0.1, -0.05) is 12.7 Å². The number of hydrogen-bond donors (Lipinski definition) is 2. The topological polar surface area (TPSA) is 90.4 Å². The molecule has 1 aliphatic heterocycles. The van der Waals surface area contributed by atoms with Crippen molar-refractivity contribution in [2.75, 3.05) is 12.3 Å². The lowest BCUT2D eigenvalue weighted by Gasteiger charge is -2.15. The first kappa shape index (κ1) is 15.1. The molecule has 6 nitrogen and oxygen atoms in total. The van der Waals surface area contributed by atoms with Crippen LogP contribution in [0.1, 0.15) is 11.8 Å². The molecule has 1 fully saturated rings. The number of nitrogen functional groups attached to an aromatic ring is 1. The van der Waals surface area contributed by atoms with E-state index in [1.807, 2.05) is 0 Å². The van der Waals surface area contributed by atoms with Gasteiger partial charge in [-0.15, -0.1) is 0 Å². The van der Waals surface area contributed by atoms with E-state index in [0.717, 1.165) is 4.57 Å². The Morgan fingerprint density at radius 3 is 2.67 bits per heavy atom. The number of nitrogens with zero attached hydrogens (tertiary/aromatic N) is 2. The summed E-state index contributed by atoms with van der Waals surface area (Å²) in [6.07, 6.45) is 0.591. The fourth-order valence-electron chi connectivity index (χ4n) is 2.06. The largest absolute Gasteiger partial charge is 0.393 e. The molecule has 2 atom stereocenters. The molecule has 3 N–H and O–H groups in total. The molecule has 1 aromatic heterocycles. The van der Waals surface area contributed by atoms with Crippen LogP contribution in [0.3, 0.4) is 0 Å². The molecule has 0 spiro atoms. The number of nitrogens with two attached hydrogens (primary N) is 1. The number of halogens is 2. The lowest BCUT2D eigenvalue weighted by atomic mass is 10.1. The van der Waals surface area contributed by atoms with Gasteiger partial charge in [0.2, 0.25) is 0 Å². The molecular formula is C13H13F2N3O3. The van der Waals surface area contributed by atoms with E-state index >= 15 is 0 Å². The molecule has 1 saturated heterocycles. The van der Waals surface area contributed by atoms with Gasteiger partial charge in [0.15, 0.2) is 6.23 Å². The molecule has 2 heterocycles. The maximum atomic E-state index is 13.1. The molecule has 0 radical (unpaired) electrons. The Labute approximate surface area is 118 Å². The first-order valence-corrected chi connectivity index (χ1v) is 5.95. The predicted octanol–water partition coefficient (Wildman–Crippen LogP) is 1.06. The maximum absolute atomic E-state index is 13.1. The van der Waals surface area contributed by atoms with E-state index in [1.54, 1.807) is 0 Å². The van der Waals surface area contributed by atoms with Crippen LogP contribution in [-0.2, 0) is 4.74 Å². The van der Waals surface area contributed by atoms with Crippen LogP contribution in [0.15, 0.2) is 41.4 Å². The molecule has 0 saturated carbocycles. The van der Waals surface area contributed by atoms with Crippen molar-refractivity contribution in [2.45, 2.75) is 12.3 Å². The van der Waals surface area contributed by atoms with Crippen LogP contribution >= 0.6 is 0 Å². The van der Waals surface area contributed by atoms with E-state index in [-0.39, 0.29) is 29.6 Å². The summed E-state index contributed by atoms with van der Waals surface area (Å²) in [7, 11) is 0. The van der Waals surface area contributed by atoms with Crippen LogP contribution < -0.4 is 11.4 Å². The van der Waals surface area contributed by atoms with Gasteiger partial charge in [-0.3, -0.25) is 4.57 Å². The van der Waals surface area contributed by atoms with E-state index in [0.29, 0.717) is 5.56 Å². The summed E-state index contributed by atoms with van der Waals surface area (Å²) in [5.74, 6) is -0.0324. The second-order valence-electron chi connectivity index (χ2n) is 4.26. The standard InChI is InChI=1S/C13H13F2N3O3/c1-2-7-5-18(13(20)17-11(7)16)12-9(4-15)8(3-14)10(6-19)21-12/h2-5,10,12,19H,1,6H2,(H2,16,17,20). The number of aromatic nitrogens is 2. The summed E-state index contributed by atoms with van der Waals surface area (Å²) < 4.78 is 32.2. The van der Waals surface area contributed by atoms with Crippen molar-refractivity contribution in [3.63, 3.8) is 0 Å². The number of rotatable bonds is 3. The molecule has 0 aliphatic carbocycles. The Morgan fingerprint density at radius 1 is 1.48 bits per heavy atom. The summed E-state index contributed by atoms with van der Waals surface area (Å²) >= 11 is 0. The molecular weight excluding hydrogens is 284 g/mol. The van der Waals surface area contributed by atoms with Crippen LogP contribution in [0.4, 0.5) is 14.6 Å². The Bertz CT molecular complexity index is 682. The zero-order valence-electron chi connectivity index (χ0n) is 10.9. The molecule has 8 heteroatoms. The van der Waals surface area contributed by atoms with Gasteiger partial charge in [-0.25, -0.2) is 13.6 Å². The van der Waals surface area contributed by atoms with E-state index in [4.69, 9.17) is 15.6 Å². The van der Waals surface area contributed by atoms with Gasteiger partial charge in [0, 0.05) is 22.9 Å². The zero-order valence-corrected chi connectivity index (χ0v) is 10.9. The monoisotopic (exact) mass is 297 g/mol. The average molecular weight is 297 g/mol. The molecule has 112 valence electrons. The number of hydrogen-bond acceptors (Lipinski definition) is 5. The lowest BCUT2D eigenvalue weighted by molar-refractivity contribution is -0.00860. The fraction of sp³-hybridized carbons (Fsp3) is 0.231. The van der Waals surface area contributed by atoms with Crippen LogP contribution in [-0.4, -0.2) is 27.4 Å². The normalized spacial score (nSPS) is 25.7. The molecule has 2 unspecified atom stereocenters. The predicted molar refractivity (Wildman–Crippen MR) is 72.4 cm³/mol. The molecule has 1 aromatic rings. The smallest absolute Gasteiger partial charge is 0.351 e. The molecule has 21 heavy (non-hydrogen) atoms. The lowest BCUT2D eigenvalue weighted by Crippen LogP contribution is -2.29. The van der Waals surface area contributed by atoms with Crippen molar-refractivity contribution in [3.05, 3.63) is 52.6 Å². The molecule has 0 bridgehead atoms. The van der Waals surface area contributed by atoms with Crippen molar-refractivity contribution in [1.82, 2.24) is 9.55 Å². The highest BCUT2D eigenvalue weighted by atomic mass is 19.1. The van der Waals surface area contributed by atoms with Gasteiger partial charge < -0.3 is 15.6 Å². The van der Waals surface area contributed by atoms with Gasteiger partial charge in [0.05, 0.1) is 19.3 Å². The highest BCUT2D eigenvalue weighted by molar-refractivity contribution is 5.58. The van der Waals surface area contributed by atoms with E-state index in [2.05, 4.69) is 11.6 Å². The number of aliphatic hydroxyl groups is 1. The van der Waals surface area contributed by atoms with Gasteiger partial charge in [-0.05, 0) is 0 Å². The summed E-state index contributed by atoms with van der Waals surface area (Å²) in [4.78, 5) is 15.4. The summed E-state index contributed by atoms with van der Waals surface area (Å²) in [5.41, 5.74) is 4.71. The van der Waals surface area contributed by atoms with Crippen molar-refractivity contribution in [1.29, 1.82) is 0 Å². The van der Waals surface area contributed by atoms with Gasteiger partial charge in [-0.2, -0.15) is 4.98 Å². The van der Waals surface area contributed by atoms with Crippen molar-refractivity contribution in [2.24, 2.45) is 0 Å². The Morgan fingerprint density at radius 2 is 2.14 bits per heavy atom. The van der Waals surface area contributed by atoms with Crippen LogP contribution in [0.25, 0.3) is 6.08 Å². The highest BCUT2D eigenvalue weighted by Gasteiger charge is 2.37. The van der Waals surface area contributed by atoms with Crippen LogP contribution in [0.5, 0.6) is 0 Å². The SMILES string of the molecule is C=Cc1cn(C2OC(CO)C(=CF)C2=CF)c(=O)nc1N. The third-order valence-corrected chi connectivity index (χ3v) is 3.12. The van der Waals surface area contributed by atoms with E-state index in [1.165, 1.54) is 12.3 Å². The highest BCUT2D eigenvalue weighted by Crippen LogP contribution is 2.38. The zero-order chi connectivity index (χ0) is 15.6. The quantitative estimate of drug-likeness (QED) is 0.870. The summed E-state index contributed by atoms with van der Waals surface area (Å²) in [6, 6.07) is 0. The van der Waals surface area contributed by atoms with E-state index in [9.17, 15) is 13.6 Å². The summed E-state index contributed by atoms with van der Waals surface area (Å²) in [5, 5.41) is 9.14. The van der Waals surface area contributed by atoms with Crippen molar-refractivity contribution < 1.29 is 18.6 Å². The van der Waals surface area contributed by atoms with Crippen LogP contribution in [0, 0.1) is 0 Å². The van der Waals surface area contributed by atoms with Crippen molar-refractivity contribution in [3.8, 4) is 0 Å².